The Kier molecular flexibility index (Phi) is 5.61. The molecule has 0 unspecified atom stereocenters. The second kappa shape index (κ2) is 8.33. The molecule has 3 aromatic carbocycles. The van der Waals surface area contributed by atoms with Gasteiger partial charge >= 0.3 is 0 Å². The van der Waals surface area contributed by atoms with Gasteiger partial charge in [0.2, 0.25) is 5.91 Å². The third-order valence-electron chi connectivity index (χ3n) is 4.52. The maximum atomic E-state index is 13.3. The minimum absolute atomic E-state index is 0.0297. The van der Waals surface area contributed by atoms with Gasteiger partial charge in [0.25, 0.3) is 10.0 Å². The molecule has 0 saturated carbocycles. The SMILES string of the molecule is Cc1ccccc1NC(=O)CSc1nc2ccccc2n1S(=O)(=O)c1ccccc1. The van der Waals surface area contributed by atoms with Crippen LogP contribution in [0.1, 0.15) is 5.56 Å². The number of imidazole rings is 1. The number of aryl methyl sites for hydroxylation is 1. The summed E-state index contributed by atoms with van der Waals surface area (Å²) in [4.78, 5) is 17.1. The van der Waals surface area contributed by atoms with E-state index in [1.807, 2.05) is 31.2 Å². The molecule has 0 radical (unpaired) electrons. The second-order valence-corrected chi connectivity index (χ2v) is 9.35. The van der Waals surface area contributed by atoms with Crippen molar-refractivity contribution >= 4 is 44.4 Å². The van der Waals surface area contributed by atoms with Crippen molar-refractivity contribution in [2.75, 3.05) is 11.1 Å². The first kappa shape index (κ1) is 20.2. The topological polar surface area (TPSA) is 81.1 Å². The number of para-hydroxylation sites is 3. The fourth-order valence-electron chi connectivity index (χ4n) is 3.03. The van der Waals surface area contributed by atoms with Gasteiger partial charge in [0.05, 0.1) is 21.7 Å². The summed E-state index contributed by atoms with van der Waals surface area (Å²) in [6.07, 6.45) is 0. The third-order valence-corrected chi connectivity index (χ3v) is 7.30. The number of rotatable bonds is 6. The van der Waals surface area contributed by atoms with Crippen LogP contribution in [0.4, 0.5) is 5.69 Å². The van der Waals surface area contributed by atoms with E-state index in [-0.39, 0.29) is 21.7 Å². The predicted octanol–water partition coefficient (Wildman–Crippen LogP) is 4.31. The first-order valence-corrected chi connectivity index (χ1v) is 11.7. The molecule has 0 aliphatic carbocycles. The zero-order valence-electron chi connectivity index (χ0n) is 16.1. The van der Waals surface area contributed by atoms with Gasteiger partial charge in [-0.3, -0.25) is 4.79 Å². The highest BCUT2D eigenvalue weighted by molar-refractivity contribution is 8.00. The van der Waals surface area contributed by atoms with Crippen molar-refractivity contribution in [2.24, 2.45) is 0 Å². The van der Waals surface area contributed by atoms with Gasteiger partial charge < -0.3 is 5.32 Å². The lowest BCUT2D eigenvalue weighted by Gasteiger charge is -2.11. The van der Waals surface area contributed by atoms with E-state index in [1.165, 1.54) is 3.97 Å². The smallest absolute Gasteiger partial charge is 0.270 e. The van der Waals surface area contributed by atoms with Gasteiger partial charge in [-0.05, 0) is 42.8 Å². The van der Waals surface area contributed by atoms with Crippen LogP contribution in [-0.4, -0.2) is 29.0 Å². The van der Waals surface area contributed by atoms with Gasteiger partial charge in [0, 0.05) is 5.69 Å². The molecule has 1 amide bonds. The van der Waals surface area contributed by atoms with Crippen molar-refractivity contribution in [3.05, 3.63) is 84.4 Å². The third kappa shape index (κ3) is 3.96. The molecule has 8 heteroatoms. The molecule has 0 spiro atoms. The molecule has 0 bridgehead atoms. The summed E-state index contributed by atoms with van der Waals surface area (Å²) < 4.78 is 27.8. The summed E-state index contributed by atoms with van der Waals surface area (Å²) in [5.41, 5.74) is 2.71. The maximum absolute atomic E-state index is 13.3. The van der Waals surface area contributed by atoms with Crippen LogP contribution in [0.5, 0.6) is 0 Å². The Morgan fingerprint density at radius 3 is 2.40 bits per heavy atom. The molecule has 1 heterocycles. The van der Waals surface area contributed by atoms with E-state index in [1.54, 1.807) is 54.6 Å². The van der Waals surface area contributed by atoms with Gasteiger partial charge in [0.1, 0.15) is 0 Å². The zero-order chi connectivity index (χ0) is 21.1. The lowest BCUT2D eigenvalue weighted by Crippen LogP contribution is -2.17. The lowest BCUT2D eigenvalue weighted by atomic mass is 10.2. The molecule has 30 heavy (non-hydrogen) atoms. The molecule has 152 valence electrons. The Morgan fingerprint density at radius 2 is 1.63 bits per heavy atom. The van der Waals surface area contributed by atoms with Crippen LogP contribution in [0, 0.1) is 6.92 Å². The van der Waals surface area contributed by atoms with Crippen LogP contribution >= 0.6 is 11.8 Å². The van der Waals surface area contributed by atoms with Crippen LogP contribution in [0.15, 0.2) is 88.9 Å². The minimum Gasteiger partial charge on any atom is -0.325 e. The monoisotopic (exact) mass is 437 g/mol. The number of nitrogens with one attached hydrogen (secondary N) is 1. The van der Waals surface area contributed by atoms with E-state index in [0.717, 1.165) is 23.0 Å². The number of amides is 1. The van der Waals surface area contributed by atoms with E-state index in [4.69, 9.17) is 0 Å². The molecule has 6 nitrogen and oxygen atoms in total. The summed E-state index contributed by atoms with van der Waals surface area (Å²) in [6, 6.07) is 22.7. The summed E-state index contributed by atoms with van der Waals surface area (Å²) in [5, 5.41) is 3.11. The van der Waals surface area contributed by atoms with Crippen molar-refractivity contribution in [3.8, 4) is 0 Å². The quantitative estimate of drug-likeness (QED) is 0.455. The van der Waals surface area contributed by atoms with Crippen LogP contribution in [0.2, 0.25) is 0 Å². The second-order valence-electron chi connectivity index (χ2n) is 6.62. The predicted molar refractivity (Wildman–Crippen MR) is 119 cm³/mol. The molecule has 0 fully saturated rings. The number of benzene rings is 3. The number of hydrogen-bond acceptors (Lipinski definition) is 5. The molecule has 0 aliphatic rings. The average Bonchev–Trinajstić information content (AvgIpc) is 3.14. The van der Waals surface area contributed by atoms with E-state index < -0.39 is 10.0 Å². The van der Waals surface area contributed by atoms with E-state index in [0.29, 0.717) is 11.0 Å². The van der Waals surface area contributed by atoms with Gasteiger partial charge in [-0.2, -0.15) is 0 Å². The van der Waals surface area contributed by atoms with Gasteiger partial charge in [0.15, 0.2) is 5.16 Å². The number of nitrogens with zero attached hydrogens (tertiary/aromatic N) is 2. The molecular weight excluding hydrogens is 418 g/mol. The number of hydrogen-bond donors (Lipinski definition) is 1. The molecule has 0 saturated heterocycles. The summed E-state index contributed by atoms with van der Waals surface area (Å²) in [7, 11) is -3.86. The summed E-state index contributed by atoms with van der Waals surface area (Å²) in [6.45, 7) is 1.91. The molecule has 0 atom stereocenters. The van der Waals surface area contributed by atoms with Gasteiger partial charge in [-0.1, -0.05) is 60.3 Å². The Hall–Kier alpha value is -3.10. The highest BCUT2D eigenvalue weighted by Crippen LogP contribution is 2.29. The molecular formula is C22H19N3O3S2. The lowest BCUT2D eigenvalue weighted by molar-refractivity contribution is -0.113. The highest BCUT2D eigenvalue weighted by Gasteiger charge is 2.24. The highest BCUT2D eigenvalue weighted by atomic mass is 32.2. The summed E-state index contributed by atoms with van der Waals surface area (Å²) in [5.74, 6) is -0.202. The molecule has 0 aliphatic heterocycles. The van der Waals surface area contributed by atoms with Crippen molar-refractivity contribution in [2.45, 2.75) is 17.0 Å². The van der Waals surface area contributed by atoms with Crippen LogP contribution in [-0.2, 0) is 14.8 Å². The van der Waals surface area contributed by atoms with Crippen molar-refractivity contribution in [3.63, 3.8) is 0 Å². The number of aromatic nitrogens is 2. The fraction of sp³-hybridized carbons (Fsp3) is 0.0909. The van der Waals surface area contributed by atoms with E-state index >= 15 is 0 Å². The van der Waals surface area contributed by atoms with Gasteiger partial charge in [-0.15, -0.1) is 0 Å². The average molecular weight is 438 g/mol. The fourth-order valence-corrected chi connectivity index (χ4v) is 5.57. The van der Waals surface area contributed by atoms with Crippen LogP contribution in [0.25, 0.3) is 11.0 Å². The molecule has 1 aromatic heterocycles. The maximum Gasteiger partial charge on any atom is 0.270 e. The number of carbonyl (C=O) groups is 1. The molecule has 4 aromatic rings. The molecule has 1 N–H and O–H groups in total. The van der Waals surface area contributed by atoms with E-state index in [2.05, 4.69) is 10.3 Å². The summed E-state index contributed by atoms with van der Waals surface area (Å²) >= 11 is 1.09. The Labute approximate surface area is 179 Å². The number of carbonyl (C=O) groups excluding carboxylic acids is 1. The van der Waals surface area contributed by atoms with Crippen molar-refractivity contribution < 1.29 is 13.2 Å². The van der Waals surface area contributed by atoms with Gasteiger partial charge in [-0.25, -0.2) is 17.4 Å². The number of anilines is 1. The largest absolute Gasteiger partial charge is 0.325 e. The standard InChI is InChI=1S/C22H19N3O3S2/c1-16-9-5-6-12-18(16)23-21(26)15-29-22-24-19-13-7-8-14-20(19)25(22)30(27,28)17-10-3-2-4-11-17/h2-14H,15H2,1H3,(H,23,26). The Balaban J connectivity index is 1.66. The number of thioether (sulfide) groups is 1. The first-order chi connectivity index (χ1) is 14.5. The number of fused-ring (bicyclic) bond motifs is 1. The van der Waals surface area contributed by atoms with Crippen molar-refractivity contribution in [1.29, 1.82) is 0 Å². The van der Waals surface area contributed by atoms with Crippen LogP contribution in [0.3, 0.4) is 0 Å². The zero-order valence-corrected chi connectivity index (χ0v) is 17.8. The van der Waals surface area contributed by atoms with Crippen LogP contribution < -0.4 is 5.32 Å². The molecule has 4 rings (SSSR count). The minimum atomic E-state index is -3.86. The van der Waals surface area contributed by atoms with Crippen molar-refractivity contribution in [1.82, 2.24) is 8.96 Å². The Bertz CT molecular complexity index is 1320. The Morgan fingerprint density at radius 1 is 0.967 bits per heavy atom. The normalized spacial score (nSPS) is 11.5. The van der Waals surface area contributed by atoms with E-state index in [9.17, 15) is 13.2 Å². The first-order valence-electron chi connectivity index (χ1n) is 9.23.